The van der Waals surface area contributed by atoms with Crippen LogP contribution in [0.15, 0.2) is 102 Å². The third-order valence-electron chi connectivity index (χ3n) is 5.58. The number of methoxy groups -OCH3 is 1. The number of aryl methyl sites for hydroxylation is 1. The highest BCUT2D eigenvalue weighted by molar-refractivity contribution is 9.10. The molecule has 5 nitrogen and oxygen atoms in total. The normalized spacial score (nSPS) is 10.5. The number of benzene rings is 4. The lowest BCUT2D eigenvalue weighted by molar-refractivity contribution is -0.116. The van der Waals surface area contributed by atoms with Gasteiger partial charge in [0.2, 0.25) is 5.91 Å². The second-order valence-corrected chi connectivity index (χ2v) is 9.08. The summed E-state index contributed by atoms with van der Waals surface area (Å²) in [5, 5.41) is 2.97. The molecule has 4 aromatic carbocycles. The fourth-order valence-electron chi connectivity index (χ4n) is 3.60. The molecule has 0 radical (unpaired) electrons. The first-order valence-corrected chi connectivity index (χ1v) is 12.5. The number of hydrogen-bond donors (Lipinski definition) is 1. The summed E-state index contributed by atoms with van der Waals surface area (Å²) in [6.45, 7) is 0.924. The zero-order valence-electron chi connectivity index (χ0n) is 20.1. The van der Waals surface area contributed by atoms with E-state index in [1.165, 1.54) is 0 Å². The second kappa shape index (κ2) is 12.8. The van der Waals surface area contributed by atoms with Gasteiger partial charge >= 0.3 is 0 Å². The van der Waals surface area contributed by atoms with Crippen molar-refractivity contribution in [2.45, 2.75) is 26.1 Å². The standard InChI is InChI=1S/C30H28BrNO4/c1-34-28-18-26(31)27(19-29(28)36-21-24-10-6-3-7-11-24)32-30(33)17-14-22-12-15-25(16-13-22)35-20-23-8-4-2-5-9-23/h2-13,15-16,18-19H,14,17,20-21H2,1H3,(H,32,33). The van der Waals surface area contributed by atoms with Crippen LogP contribution in [0.5, 0.6) is 17.2 Å². The van der Waals surface area contributed by atoms with Crippen LogP contribution < -0.4 is 19.5 Å². The molecular weight excluding hydrogens is 518 g/mol. The van der Waals surface area contributed by atoms with Crippen molar-refractivity contribution in [3.8, 4) is 17.2 Å². The van der Waals surface area contributed by atoms with Gasteiger partial charge in [0.05, 0.1) is 12.8 Å². The van der Waals surface area contributed by atoms with Gasteiger partial charge in [0.25, 0.3) is 0 Å². The van der Waals surface area contributed by atoms with Crippen molar-refractivity contribution < 1.29 is 19.0 Å². The van der Waals surface area contributed by atoms with Gasteiger partial charge < -0.3 is 19.5 Å². The molecule has 0 aliphatic rings. The molecule has 0 aliphatic carbocycles. The minimum Gasteiger partial charge on any atom is -0.493 e. The fraction of sp³-hybridized carbons (Fsp3) is 0.167. The Kier molecular flexibility index (Phi) is 9.00. The lowest BCUT2D eigenvalue weighted by Crippen LogP contribution is -2.13. The Morgan fingerprint density at radius 1 is 0.750 bits per heavy atom. The number of rotatable bonds is 11. The summed E-state index contributed by atoms with van der Waals surface area (Å²) in [5.74, 6) is 1.87. The molecule has 4 rings (SSSR count). The average molecular weight is 546 g/mol. The van der Waals surface area contributed by atoms with Crippen molar-refractivity contribution in [3.63, 3.8) is 0 Å². The van der Waals surface area contributed by atoms with Crippen LogP contribution in [-0.2, 0) is 24.4 Å². The highest BCUT2D eigenvalue weighted by Gasteiger charge is 2.13. The summed E-state index contributed by atoms with van der Waals surface area (Å²) in [5.41, 5.74) is 3.87. The average Bonchev–Trinajstić information content (AvgIpc) is 2.92. The highest BCUT2D eigenvalue weighted by Crippen LogP contribution is 2.37. The molecule has 0 heterocycles. The Bertz CT molecular complexity index is 1260. The van der Waals surface area contributed by atoms with Gasteiger partial charge in [0.15, 0.2) is 11.5 Å². The molecule has 0 aliphatic heterocycles. The molecular formula is C30H28BrNO4. The fourth-order valence-corrected chi connectivity index (χ4v) is 4.02. The molecule has 0 saturated carbocycles. The molecule has 0 fully saturated rings. The van der Waals surface area contributed by atoms with Crippen LogP contribution in [0, 0.1) is 0 Å². The number of nitrogens with one attached hydrogen (secondary N) is 1. The van der Waals surface area contributed by atoms with E-state index in [0.717, 1.165) is 26.9 Å². The maximum absolute atomic E-state index is 12.7. The molecule has 1 N–H and O–H groups in total. The first kappa shape index (κ1) is 25.3. The molecule has 36 heavy (non-hydrogen) atoms. The van der Waals surface area contributed by atoms with E-state index in [1.54, 1.807) is 19.2 Å². The lowest BCUT2D eigenvalue weighted by atomic mass is 10.1. The number of hydrogen-bond acceptors (Lipinski definition) is 4. The van der Waals surface area contributed by atoms with E-state index >= 15 is 0 Å². The van der Waals surface area contributed by atoms with E-state index in [1.807, 2.05) is 84.9 Å². The minimum atomic E-state index is -0.0840. The zero-order chi connectivity index (χ0) is 25.2. The molecule has 0 saturated heterocycles. The molecule has 6 heteroatoms. The molecule has 0 aromatic heterocycles. The summed E-state index contributed by atoms with van der Waals surface area (Å²) in [6, 6.07) is 31.4. The lowest BCUT2D eigenvalue weighted by Gasteiger charge is -2.15. The maximum Gasteiger partial charge on any atom is 0.224 e. The third-order valence-corrected chi connectivity index (χ3v) is 6.23. The van der Waals surface area contributed by atoms with E-state index in [9.17, 15) is 4.79 Å². The third kappa shape index (κ3) is 7.36. The summed E-state index contributed by atoms with van der Waals surface area (Å²) in [4.78, 5) is 12.7. The Morgan fingerprint density at radius 2 is 1.36 bits per heavy atom. The number of carbonyl (C=O) groups is 1. The van der Waals surface area contributed by atoms with Gasteiger partial charge in [-0.05, 0) is 51.2 Å². The predicted octanol–water partition coefficient (Wildman–Crippen LogP) is 7.19. The number of halogens is 1. The van der Waals surface area contributed by atoms with Crippen molar-refractivity contribution >= 4 is 27.5 Å². The Hall–Kier alpha value is -3.77. The Morgan fingerprint density at radius 3 is 1.97 bits per heavy atom. The minimum absolute atomic E-state index is 0.0840. The van der Waals surface area contributed by atoms with E-state index in [-0.39, 0.29) is 5.91 Å². The Balaban J connectivity index is 1.30. The summed E-state index contributed by atoms with van der Waals surface area (Å²) in [6.07, 6.45) is 0.971. The molecule has 0 spiro atoms. The largest absolute Gasteiger partial charge is 0.493 e. The van der Waals surface area contributed by atoms with Gasteiger partial charge in [-0.25, -0.2) is 0 Å². The zero-order valence-corrected chi connectivity index (χ0v) is 21.7. The van der Waals surface area contributed by atoms with E-state index in [4.69, 9.17) is 14.2 Å². The molecule has 4 aromatic rings. The van der Waals surface area contributed by atoms with E-state index in [0.29, 0.717) is 43.2 Å². The topological polar surface area (TPSA) is 56.8 Å². The maximum atomic E-state index is 12.7. The van der Waals surface area contributed by atoms with Crippen LogP contribution in [-0.4, -0.2) is 13.0 Å². The molecule has 1 amide bonds. The predicted molar refractivity (Wildman–Crippen MR) is 146 cm³/mol. The van der Waals surface area contributed by atoms with E-state index < -0.39 is 0 Å². The van der Waals surface area contributed by atoms with Crippen molar-refractivity contribution in [1.29, 1.82) is 0 Å². The number of carbonyl (C=O) groups excluding carboxylic acids is 1. The van der Waals surface area contributed by atoms with E-state index in [2.05, 4.69) is 21.2 Å². The first-order valence-electron chi connectivity index (χ1n) is 11.7. The monoisotopic (exact) mass is 545 g/mol. The van der Waals surface area contributed by atoms with Crippen molar-refractivity contribution in [2.75, 3.05) is 12.4 Å². The Labute approximate surface area is 220 Å². The van der Waals surface area contributed by atoms with Gasteiger partial charge in [-0.1, -0.05) is 72.8 Å². The smallest absolute Gasteiger partial charge is 0.224 e. The van der Waals surface area contributed by atoms with Gasteiger partial charge in [-0.3, -0.25) is 4.79 Å². The van der Waals surface area contributed by atoms with Crippen LogP contribution in [0.3, 0.4) is 0 Å². The first-order chi connectivity index (χ1) is 17.6. The number of ether oxygens (including phenoxy) is 3. The SMILES string of the molecule is COc1cc(Br)c(NC(=O)CCc2ccc(OCc3ccccc3)cc2)cc1OCc1ccccc1. The summed E-state index contributed by atoms with van der Waals surface area (Å²) in [7, 11) is 1.59. The highest BCUT2D eigenvalue weighted by atomic mass is 79.9. The van der Waals surface area contributed by atoms with Gasteiger partial charge in [-0.2, -0.15) is 0 Å². The van der Waals surface area contributed by atoms with Crippen LogP contribution in [0.4, 0.5) is 5.69 Å². The van der Waals surface area contributed by atoms with Gasteiger partial charge in [0.1, 0.15) is 19.0 Å². The van der Waals surface area contributed by atoms with Crippen LogP contribution in [0.1, 0.15) is 23.1 Å². The van der Waals surface area contributed by atoms with Crippen molar-refractivity contribution in [1.82, 2.24) is 0 Å². The molecule has 0 bridgehead atoms. The molecule has 0 unspecified atom stereocenters. The number of amides is 1. The van der Waals surface area contributed by atoms with Crippen molar-refractivity contribution in [2.24, 2.45) is 0 Å². The second-order valence-electron chi connectivity index (χ2n) is 8.22. The molecule has 0 atom stereocenters. The van der Waals surface area contributed by atoms with Crippen molar-refractivity contribution in [3.05, 3.63) is 118 Å². The summed E-state index contributed by atoms with van der Waals surface area (Å²) >= 11 is 3.52. The quantitative estimate of drug-likeness (QED) is 0.216. The van der Waals surface area contributed by atoms with Gasteiger partial charge in [0, 0.05) is 23.0 Å². The number of anilines is 1. The van der Waals surface area contributed by atoms with Gasteiger partial charge in [-0.15, -0.1) is 0 Å². The summed E-state index contributed by atoms with van der Waals surface area (Å²) < 4.78 is 18.0. The van der Waals surface area contributed by atoms with Crippen LogP contribution >= 0.6 is 15.9 Å². The molecule has 184 valence electrons. The van der Waals surface area contributed by atoms with Crippen LogP contribution in [0.25, 0.3) is 0 Å². The van der Waals surface area contributed by atoms with Crippen LogP contribution in [0.2, 0.25) is 0 Å².